The van der Waals surface area contributed by atoms with Crippen LogP contribution in [-0.2, 0) is 0 Å². The molecule has 0 saturated heterocycles. The van der Waals surface area contributed by atoms with E-state index in [9.17, 15) is 13.9 Å². The summed E-state index contributed by atoms with van der Waals surface area (Å²) < 4.78 is 27.7. The summed E-state index contributed by atoms with van der Waals surface area (Å²) in [5.74, 6) is -1.25. The fourth-order valence-corrected chi connectivity index (χ4v) is 2.69. The summed E-state index contributed by atoms with van der Waals surface area (Å²) in [6, 6.07) is 2.64. The van der Waals surface area contributed by atoms with Crippen LogP contribution in [-0.4, -0.2) is 11.2 Å². The van der Waals surface area contributed by atoms with Crippen molar-refractivity contribution < 1.29 is 13.9 Å². The average Bonchev–Trinajstić information content (AvgIpc) is 2.24. The molecule has 0 heterocycles. The Hall–Kier alpha value is -0.480. The van der Waals surface area contributed by atoms with Gasteiger partial charge in [0.1, 0.15) is 11.6 Å². The molecule has 0 aromatic heterocycles. The highest BCUT2D eigenvalue weighted by Gasteiger charge is 2.27. The van der Waals surface area contributed by atoms with Crippen molar-refractivity contribution in [1.29, 1.82) is 0 Å². The molecule has 2 unspecified atom stereocenters. The first kappa shape index (κ1) is 12.0. The molecular formula is C12H13BrF2O. The molecule has 2 atom stereocenters. The summed E-state index contributed by atoms with van der Waals surface area (Å²) in [5.41, 5.74) is 0.119. The van der Waals surface area contributed by atoms with Crippen LogP contribution in [0.1, 0.15) is 37.2 Å². The number of aliphatic hydroxyl groups is 1. The van der Waals surface area contributed by atoms with E-state index >= 15 is 0 Å². The fourth-order valence-electron chi connectivity index (χ4n) is 2.34. The van der Waals surface area contributed by atoms with Crippen molar-refractivity contribution in [3.05, 3.63) is 33.8 Å². The Morgan fingerprint density at radius 3 is 2.69 bits per heavy atom. The van der Waals surface area contributed by atoms with Gasteiger partial charge in [0.15, 0.2) is 0 Å². The summed E-state index contributed by atoms with van der Waals surface area (Å²) in [6.45, 7) is 0. The van der Waals surface area contributed by atoms with Crippen LogP contribution in [0.25, 0.3) is 0 Å². The molecule has 0 aliphatic heterocycles. The third-order valence-corrected chi connectivity index (χ3v) is 3.75. The molecule has 1 aliphatic carbocycles. The van der Waals surface area contributed by atoms with Gasteiger partial charge in [0.2, 0.25) is 0 Å². The molecule has 0 spiro atoms. The van der Waals surface area contributed by atoms with Gasteiger partial charge >= 0.3 is 0 Å². The maximum Gasteiger partial charge on any atom is 0.143 e. The Labute approximate surface area is 102 Å². The van der Waals surface area contributed by atoms with Crippen LogP contribution < -0.4 is 0 Å². The molecule has 0 bridgehead atoms. The van der Waals surface area contributed by atoms with Crippen LogP contribution in [0, 0.1) is 11.6 Å². The van der Waals surface area contributed by atoms with Crippen molar-refractivity contribution in [2.45, 2.75) is 37.7 Å². The maximum absolute atomic E-state index is 13.8. The number of benzene rings is 1. The van der Waals surface area contributed by atoms with E-state index in [1.165, 1.54) is 12.1 Å². The summed E-state index contributed by atoms with van der Waals surface area (Å²) in [4.78, 5) is 0. The van der Waals surface area contributed by atoms with E-state index in [0.29, 0.717) is 6.42 Å². The van der Waals surface area contributed by atoms with E-state index < -0.39 is 17.7 Å². The number of aliphatic hydroxyl groups excluding tert-OH is 1. The third-order valence-electron chi connectivity index (χ3n) is 3.13. The van der Waals surface area contributed by atoms with E-state index in [4.69, 9.17) is 0 Å². The minimum absolute atomic E-state index is 0.119. The van der Waals surface area contributed by atoms with Gasteiger partial charge in [-0.2, -0.15) is 0 Å². The molecule has 1 N–H and O–H groups in total. The number of hydrogen-bond acceptors (Lipinski definition) is 1. The van der Waals surface area contributed by atoms with Gasteiger partial charge in [0.25, 0.3) is 0 Å². The zero-order valence-electron chi connectivity index (χ0n) is 8.72. The Morgan fingerprint density at radius 1 is 1.25 bits per heavy atom. The van der Waals surface area contributed by atoms with Crippen LogP contribution >= 0.6 is 15.9 Å². The largest absolute Gasteiger partial charge is 0.393 e. The SMILES string of the molecule is OC1CCCC(c2c(F)ccc(Br)c2F)C1. The summed E-state index contributed by atoms with van der Waals surface area (Å²) >= 11 is 3.06. The highest BCUT2D eigenvalue weighted by atomic mass is 79.9. The minimum Gasteiger partial charge on any atom is -0.393 e. The fraction of sp³-hybridized carbons (Fsp3) is 0.500. The van der Waals surface area contributed by atoms with Crippen molar-refractivity contribution in [3.8, 4) is 0 Å². The molecular weight excluding hydrogens is 278 g/mol. The van der Waals surface area contributed by atoms with Crippen LogP contribution in [0.2, 0.25) is 0 Å². The van der Waals surface area contributed by atoms with E-state index in [0.717, 1.165) is 19.3 Å². The smallest absolute Gasteiger partial charge is 0.143 e. The Bertz CT molecular complexity index is 395. The van der Waals surface area contributed by atoms with E-state index in [-0.39, 0.29) is 16.0 Å². The topological polar surface area (TPSA) is 20.2 Å². The summed E-state index contributed by atoms with van der Waals surface area (Å²) in [7, 11) is 0. The van der Waals surface area contributed by atoms with Crippen LogP contribution in [0.4, 0.5) is 8.78 Å². The van der Waals surface area contributed by atoms with Crippen molar-refractivity contribution in [3.63, 3.8) is 0 Å². The molecule has 1 aromatic rings. The molecule has 1 fully saturated rings. The van der Waals surface area contributed by atoms with Gasteiger partial charge in [0, 0.05) is 5.56 Å². The molecule has 1 nitrogen and oxygen atoms in total. The molecule has 1 aromatic carbocycles. The Kier molecular flexibility index (Phi) is 3.60. The predicted molar refractivity (Wildman–Crippen MR) is 61.3 cm³/mol. The highest BCUT2D eigenvalue weighted by Crippen LogP contribution is 2.37. The second-order valence-electron chi connectivity index (χ2n) is 4.27. The van der Waals surface area contributed by atoms with Gasteiger partial charge in [-0.1, -0.05) is 6.42 Å². The lowest BCUT2D eigenvalue weighted by Crippen LogP contribution is -2.20. The number of halogens is 3. The van der Waals surface area contributed by atoms with Gasteiger partial charge in [0.05, 0.1) is 10.6 Å². The van der Waals surface area contributed by atoms with Crippen molar-refractivity contribution >= 4 is 15.9 Å². The number of rotatable bonds is 1. The van der Waals surface area contributed by atoms with E-state index in [2.05, 4.69) is 15.9 Å². The second kappa shape index (κ2) is 4.80. The molecule has 88 valence electrons. The van der Waals surface area contributed by atoms with Crippen LogP contribution in [0.5, 0.6) is 0 Å². The van der Waals surface area contributed by atoms with Crippen molar-refractivity contribution in [2.75, 3.05) is 0 Å². The van der Waals surface area contributed by atoms with Gasteiger partial charge in [-0.25, -0.2) is 8.78 Å². The van der Waals surface area contributed by atoms with Gasteiger partial charge in [-0.05, 0) is 53.2 Å². The standard InChI is InChI=1S/C12H13BrF2O/c13-9-4-5-10(14)11(12(9)15)7-2-1-3-8(16)6-7/h4-5,7-8,16H,1-3,6H2. The molecule has 1 saturated carbocycles. The first-order chi connectivity index (χ1) is 7.59. The highest BCUT2D eigenvalue weighted by molar-refractivity contribution is 9.10. The van der Waals surface area contributed by atoms with Gasteiger partial charge in [-0.3, -0.25) is 0 Å². The van der Waals surface area contributed by atoms with Gasteiger partial charge in [-0.15, -0.1) is 0 Å². The second-order valence-corrected chi connectivity index (χ2v) is 5.13. The molecule has 4 heteroatoms. The Morgan fingerprint density at radius 2 is 2.00 bits per heavy atom. The molecule has 0 radical (unpaired) electrons. The average molecular weight is 291 g/mol. The van der Waals surface area contributed by atoms with Crippen molar-refractivity contribution in [2.24, 2.45) is 0 Å². The quantitative estimate of drug-likeness (QED) is 0.781. The van der Waals surface area contributed by atoms with Gasteiger partial charge < -0.3 is 5.11 Å². The normalized spacial score (nSPS) is 25.8. The molecule has 1 aliphatic rings. The zero-order valence-corrected chi connectivity index (χ0v) is 10.3. The van der Waals surface area contributed by atoms with Crippen molar-refractivity contribution in [1.82, 2.24) is 0 Å². The molecule has 16 heavy (non-hydrogen) atoms. The zero-order chi connectivity index (χ0) is 11.7. The summed E-state index contributed by atoms with van der Waals surface area (Å²) in [6.07, 6.45) is 2.30. The molecule has 2 rings (SSSR count). The van der Waals surface area contributed by atoms with Crippen LogP contribution in [0.3, 0.4) is 0 Å². The lowest BCUT2D eigenvalue weighted by atomic mass is 9.82. The summed E-state index contributed by atoms with van der Waals surface area (Å²) in [5, 5.41) is 9.54. The van der Waals surface area contributed by atoms with E-state index in [1.54, 1.807) is 0 Å². The third kappa shape index (κ3) is 2.28. The lowest BCUT2D eigenvalue weighted by molar-refractivity contribution is 0.118. The monoisotopic (exact) mass is 290 g/mol. The number of hydrogen-bond donors (Lipinski definition) is 1. The van der Waals surface area contributed by atoms with Crippen LogP contribution in [0.15, 0.2) is 16.6 Å². The van der Waals surface area contributed by atoms with E-state index in [1.807, 2.05) is 0 Å². The Balaban J connectivity index is 2.35. The minimum atomic E-state index is -0.529. The molecule has 0 amide bonds. The lowest BCUT2D eigenvalue weighted by Gasteiger charge is -2.26. The maximum atomic E-state index is 13.8. The first-order valence-corrected chi connectivity index (χ1v) is 6.20. The first-order valence-electron chi connectivity index (χ1n) is 5.41. The predicted octanol–water partition coefficient (Wildman–Crippen LogP) is 3.75.